The third-order valence-corrected chi connectivity index (χ3v) is 2.19. The van der Waals surface area contributed by atoms with Crippen molar-refractivity contribution in [1.82, 2.24) is 5.32 Å². The van der Waals surface area contributed by atoms with Crippen molar-refractivity contribution in [3.8, 4) is 0 Å². The molecule has 5 N–H and O–H groups in total. The average Bonchev–Trinajstić information content (AvgIpc) is 2.44. The lowest BCUT2D eigenvalue weighted by Crippen LogP contribution is -2.23. The SMILES string of the molecule is O=C(O)/C=C\C(=O)O.O=C(O)C1=CNC(CF)=C(C(=O)O)C1. The number of hydrogen-bond donors (Lipinski definition) is 5. The highest BCUT2D eigenvalue weighted by molar-refractivity contribution is 5.94. The molecule has 1 rings (SSSR count). The minimum Gasteiger partial charge on any atom is -0.478 e. The number of allylic oxidation sites excluding steroid dienone is 1. The number of nitrogens with one attached hydrogen (secondary N) is 1. The number of aliphatic carboxylic acids is 4. The van der Waals surface area contributed by atoms with Gasteiger partial charge in [0.15, 0.2) is 0 Å². The van der Waals surface area contributed by atoms with Crippen LogP contribution in [0.3, 0.4) is 0 Å². The highest BCUT2D eigenvalue weighted by Crippen LogP contribution is 2.19. The zero-order valence-corrected chi connectivity index (χ0v) is 10.9. The topological polar surface area (TPSA) is 161 Å². The van der Waals surface area contributed by atoms with Gasteiger partial charge in [-0.25, -0.2) is 23.6 Å². The van der Waals surface area contributed by atoms with E-state index in [-0.39, 0.29) is 23.3 Å². The van der Waals surface area contributed by atoms with Crippen LogP contribution >= 0.6 is 0 Å². The van der Waals surface area contributed by atoms with E-state index >= 15 is 0 Å². The summed E-state index contributed by atoms with van der Waals surface area (Å²) in [5.41, 5.74) is -0.436. The first-order valence-corrected chi connectivity index (χ1v) is 5.53. The number of hydrogen-bond acceptors (Lipinski definition) is 5. The van der Waals surface area contributed by atoms with E-state index < -0.39 is 30.6 Å². The van der Waals surface area contributed by atoms with Gasteiger partial charge in [0, 0.05) is 24.8 Å². The van der Waals surface area contributed by atoms with Crippen molar-refractivity contribution in [1.29, 1.82) is 0 Å². The van der Waals surface area contributed by atoms with E-state index in [0.717, 1.165) is 6.20 Å². The van der Waals surface area contributed by atoms with Crippen molar-refractivity contribution in [3.63, 3.8) is 0 Å². The molecule has 1 heterocycles. The second-order valence-corrected chi connectivity index (χ2v) is 3.70. The maximum absolute atomic E-state index is 12.3. The van der Waals surface area contributed by atoms with Gasteiger partial charge in [-0.1, -0.05) is 0 Å². The molecule has 0 saturated carbocycles. The first-order chi connectivity index (χ1) is 10.2. The number of alkyl halides is 1. The summed E-state index contributed by atoms with van der Waals surface area (Å²) in [6.07, 6.45) is 1.95. The molecule has 22 heavy (non-hydrogen) atoms. The fraction of sp³-hybridized carbons (Fsp3) is 0.167. The fourth-order valence-corrected chi connectivity index (χ4v) is 1.21. The highest BCUT2D eigenvalue weighted by Gasteiger charge is 2.22. The number of dihydropyridines is 1. The van der Waals surface area contributed by atoms with Crippen LogP contribution in [0.25, 0.3) is 0 Å². The minimum atomic E-state index is -1.31. The van der Waals surface area contributed by atoms with Crippen LogP contribution in [0.5, 0.6) is 0 Å². The summed E-state index contributed by atoms with van der Waals surface area (Å²) in [6.45, 7) is -0.953. The van der Waals surface area contributed by atoms with E-state index in [1.54, 1.807) is 0 Å². The normalized spacial score (nSPS) is 13.6. The van der Waals surface area contributed by atoms with Crippen molar-refractivity contribution in [3.05, 3.63) is 35.2 Å². The summed E-state index contributed by atoms with van der Waals surface area (Å²) in [5.74, 6) is -5.04. The van der Waals surface area contributed by atoms with Crippen LogP contribution in [0.15, 0.2) is 35.2 Å². The predicted octanol–water partition coefficient (Wildman–Crippen LogP) is -0.0318. The average molecular weight is 317 g/mol. The van der Waals surface area contributed by atoms with Gasteiger partial charge in [0.1, 0.15) is 6.67 Å². The first kappa shape index (κ1) is 18.8. The van der Waals surface area contributed by atoms with Crippen LogP contribution in [0, 0.1) is 0 Å². The Hall–Kier alpha value is -3.17. The maximum atomic E-state index is 12.3. The van der Waals surface area contributed by atoms with Gasteiger partial charge in [-0.3, -0.25) is 0 Å². The van der Waals surface area contributed by atoms with Crippen molar-refractivity contribution < 1.29 is 44.0 Å². The molecule has 0 unspecified atom stereocenters. The molecule has 0 aromatic rings. The van der Waals surface area contributed by atoms with E-state index in [4.69, 9.17) is 20.4 Å². The van der Waals surface area contributed by atoms with Crippen LogP contribution in [0.2, 0.25) is 0 Å². The molecule has 10 heteroatoms. The van der Waals surface area contributed by atoms with Gasteiger partial charge in [-0.05, 0) is 0 Å². The molecule has 0 amide bonds. The van der Waals surface area contributed by atoms with E-state index in [1.807, 2.05) is 0 Å². The Kier molecular flexibility index (Phi) is 7.61. The molecule has 0 aliphatic carbocycles. The Morgan fingerprint density at radius 2 is 1.55 bits per heavy atom. The molecule has 0 radical (unpaired) electrons. The van der Waals surface area contributed by atoms with Crippen LogP contribution in [-0.4, -0.2) is 51.0 Å². The molecule has 0 bridgehead atoms. The summed E-state index contributed by atoms with van der Waals surface area (Å²) >= 11 is 0. The Labute approximate surface area is 122 Å². The van der Waals surface area contributed by atoms with Crippen molar-refractivity contribution in [2.45, 2.75) is 6.42 Å². The molecular weight excluding hydrogens is 305 g/mol. The van der Waals surface area contributed by atoms with Crippen LogP contribution in [0.4, 0.5) is 4.39 Å². The van der Waals surface area contributed by atoms with Gasteiger partial charge in [0.05, 0.1) is 16.8 Å². The first-order valence-electron chi connectivity index (χ1n) is 5.53. The molecule has 9 nitrogen and oxygen atoms in total. The maximum Gasteiger partial charge on any atom is 0.333 e. The zero-order chi connectivity index (χ0) is 17.3. The quantitative estimate of drug-likeness (QED) is 0.438. The number of halogens is 1. The third-order valence-electron chi connectivity index (χ3n) is 2.19. The van der Waals surface area contributed by atoms with Crippen LogP contribution in [0.1, 0.15) is 6.42 Å². The van der Waals surface area contributed by atoms with Crippen LogP contribution in [-0.2, 0) is 19.2 Å². The minimum absolute atomic E-state index is 0.0949. The van der Waals surface area contributed by atoms with Gasteiger partial charge in [0.2, 0.25) is 0 Å². The Morgan fingerprint density at radius 1 is 1.05 bits per heavy atom. The zero-order valence-electron chi connectivity index (χ0n) is 10.9. The van der Waals surface area contributed by atoms with E-state index in [1.165, 1.54) is 0 Å². The molecule has 0 spiro atoms. The third kappa shape index (κ3) is 6.84. The molecule has 1 aliphatic rings. The van der Waals surface area contributed by atoms with Crippen molar-refractivity contribution >= 4 is 23.9 Å². The van der Waals surface area contributed by atoms with Gasteiger partial charge >= 0.3 is 23.9 Å². The van der Waals surface area contributed by atoms with Crippen molar-refractivity contribution in [2.24, 2.45) is 0 Å². The number of carboxylic acids is 4. The van der Waals surface area contributed by atoms with Gasteiger partial charge in [-0.15, -0.1) is 0 Å². The Morgan fingerprint density at radius 3 is 1.86 bits per heavy atom. The lowest BCUT2D eigenvalue weighted by atomic mass is 10.0. The second kappa shape index (κ2) is 8.89. The van der Waals surface area contributed by atoms with E-state index in [2.05, 4.69) is 5.32 Å². The van der Waals surface area contributed by atoms with Gasteiger partial charge < -0.3 is 25.7 Å². The lowest BCUT2D eigenvalue weighted by molar-refractivity contribution is -0.134. The van der Waals surface area contributed by atoms with Crippen molar-refractivity contribution in [2.75, 3.05) is 6.67 Å². The van der Waals surface area contributed by atoms with Crippen LogP contribution < -0.4 is 5.32 Å². The fourth-order valence-electron chi connectivity index (χ4n) is 1.21. The Balaban J connectivity index is 0.000000472. The largest absolute Gasteiger partial charge is 0.478 e. The predicted molar refractivity (Wildman–Crippen MR) is 68.5 cm³/mol. The summed E-state index contributed by atoms with van der Waals surface area (Å²) in [7, 11) is 0. The van der Waals surface area contributed by atoms with Gasteiger partial charge in [0.25, 0.3) is 0 Å². The number of carboxylic acid groups (broad SMARTS) is 4. The molecule has 0 aromatic heterocycles. The monoisotopic (exact) mass is 317 g/mol. The highest BCUT2D eigenvalue weighted by atomic mass is 19.1. The molecule has 0 saturated heterocycles. The lowest BCUT2D eigenvalue weighted by Gasteiger charge is -2.15. The van der Waals surface area contributed by atoms with E-state index in [0.29, 0.717) is 12.2 Å². The van der Waals surface area contributed by atoms with E-state index in [9.17, 15) is 23.6 Å². The second-order valence-electron chi connectivity index (χ2n) is 3.70. The molecule has 0 atom stereocenters. The smallest absolute Gasteiger partial charge is 0.333 e. The molecule has 0 fully saturated rings. The standard InChI is InChI=1S/C8H8FNO4.C4H4O4/c9-2-6-5(8(13)14)1-4(3-10-6)7(11)12;5-3(6)1-2-4(7)8/h3,10H,1-2H2,(H,11,12)(H,13,14);1-2H,(H,5,6)(H,7,8)/b;2-1-. The number of rotatable bonds is 5. The summed E-state index contributed by atoms with van der Waals surface area (Å²) in [6, 6.07) is 0. The van der Waals surface area contributed by atoms with Gasteiger partial charge in [-0.2, -0.15) is 0 Å². The number of carbonyl (C=O) groups is 4. The summed E-state index contributed by atoms with van der Waals surface area (Å²) in [5, 5.41) is 35.2. The molecule has 1 aliphatic heterocycles. The molecule has 0 aromatic carbocycles. The molecule has 120 valence electrons. The Bertz CT molecular complexity index is 560. The summed E-state index contributed by atoms with van der Waals surface area (Å²) < 4.78 is 12.3. The summed E-state index contributed by atoms with van der Waals surface area (Å²) in [4.78, 5) is 40.2. The molecular formula is C12H12FNO8.